The van der Waals surface area contributed by atoms with E-state index in [0.717, 1.165) is 19.3 Å². The fourth-order valence-electron chi connectivity index (χ4n) is 3.16. The fraction of sp³-hybridized carbons (Fsp3) is 0.786. The highest BCUT2D eigenvalue weighted by Gasteiger charge is 2.41. The molecule has 0 saturated heterocycles. The van der Waals surface area contributed by atoms with Gasteiger partial charge in [0.25, 0.3) is 0 Å². The molecule has 106 valence electrons. The molecule has 0 aromatic rings. The van der Waals surface area contributed by atoms with Gasteiger partial charge in [-0.2, -0.15) is 0 Å². The van der Waals surface area contributed by atoms with E-state index in [1.54, 1.807) is 14.1 Å². The predicted octanol–water partition coefficient (Wildman–Crippen LogP) is 0.586. The van der Waals surface area contributed by atoms with Gasteiger partial charge < -0.3 is 10.2 Å². The van der Waals surface area contributed by atoms with E-state index in [1.165, 1.54) is 4.90 Å². The van der Waals surface area contributed by atoms with E-state index in [1.807, 2.05) is 0 Å². The summed E-state index contributed by atoms with van der Waals surface area (Å²) < 4.78 is 0. The molecular weight excluding hydrogens is 244 g/mol. The molecule has 5 nitrogen and oxygen atoms in total. The van der Waals surface area contributed by atoms with E-state index in [-0.39, 0.29) is 36.1 Å². The Morgan fingerprint density at radius 3 is 2.32 bits per heavy atom. The van der Waals surface area contributed by atoms with Gasteiger partial charge in [-0.05, 0) is 25.7 Å². The second-order valence-corrected chi connectivity index (χ2v) is 5.90. The van der Waals surface area contributed by atoms with Crippen molar-refractivity contribution in [3.8, 4) is 0 Å². The molecule has 0 radical (unpaired) electrons. The van der Waals surface area contributed by atoms with Gasteiger partial charge >= 0.3 is 0 Å². The maximum absolute atomic E-state index is 12.1. The normalized spacial score (nSPS) is 29.8. The van der Waals surface area contributed by atoms with Crippen LogP contribution in [0.15, 0.2) is 0 Å². The molecule has 2 rings (SSSR count). The summed E-state index contributed by atoms with van der Waals surface area (Å²) in [6.45, 7) is 0.0472. The van der Waals surface area contributed by atoms with Gasteiger partial charge in [0.15, 0.2) is 0 Å². The second kappa shape index (κ2) is 5.72. The highest BCUT2D eigenvalue weighted by Crippen LogP contribution is 2.39. The lowest BCUT2D eigenvalue weighted by Gasteiger charge is -2.36. The van der Waals surface area contributed by atoms with Gasteiger partial charge in [0, 0.05) is 31.8 Å². The zero-order valence-corrected chi connectivity index (χ0v) is 11.6. The molecule has 2 bridgehead atoms. The monoisotopic (exact) mass is 266 g/mol. The minimum absolute atomic E-state index is 0.0472. The minimum atomic E-state index is -0.111. The van der Waals surface area contributed by atoms with E-state index >= 15 is 0 Å². The number of nitrogens with one attached hydrogen (secondary N) is 1. The number of Topliss-reactive ketones (excluding diaryl/α,β-unsaturated/α-hetero) is 1. The summed E-state index contributed by atoms with van der Waals surface area (Å²) in [4.78, 5) is 36.9. The highest BCUT2D eigenvalue weighted by molar-refractivity contribution is 5.90. The number of carbonyl (C=O) groups is 3. The van der Waals surface area contributed by atoms with Crippen molar-refractivity contribution in [1.82, 2.24) is 10.2 Å². The molecule has 2 fully saturated rings. The van der Waals surface area contributed by atoms with Crippen molar-refractivity contribution in [3.05, 3.63) is 0 Å². The molecule has 19 heavy (non-hydrogen) atoms. The van der Waals surface area contributed by atoms with Crippen molar-refractivity contribution >= 4 is 17.6 Å². The number of nitrogens with zero attached hydrogens (tertiary/aromatic N) is 1. The molecule has 2 aliphatic carbocycles. The van der Waals surface area contributed by atoms with Crippen molar-refractivity contribution in [1.29, 1.82) is 0 Å². The molecule has 1 N–H and O–H groups in total. The summed E-state index contributed by atoms with van der Waals surface area (Å²) in [6, 6.07) is 0. The first-order valence-electron chi connectivity index (χ1n) is 7.00. The summed E-state index contributed by atoms with van der Waals surface area (Å²) in [6.07, 6.45) is 4.29. The van der Waals surface area contributed by atoms with Crippen LogP contribution in [-0.4, -0.2) is 43.1 Å². The number of rotatable bonds is 3. The van der Waals surface area contributed by atoms with Crippen LogP contribution in [-0.2, 0) is 14.4 Å². The molecule has 0 aromatic carbocycles. The molecule has 2 aliphatic rings. The van der Waals surface area contributed by atoms with Crippen LogP contribution in [0.5, 0.6) is 0 Å². The zero-order chi connectivity index (χ0) is 14.0. The number of likely N-dealkylation sites (N-methyl/N-ethyl adjacent to an activating group) is 1. The maximum atomic E-state index is 12.1. The Hall–Kier alpha value is -1.39. The molecule has 0 spiro atoms. The standard InChI is InChI=1S/C14H22N2O3/c1-16(2)12(17)8-15-14(19)11-6-9-4-3-5-10(7-11)13(9)18/h9-11H,3-8H2,1-2H3,(H,15,19)/t9-,10+,11?. The van der Waals surface area contributed by atoms with Crippen molar-refractivity contribution in [2.45, 2.75) is 32.1 Å². The van der Waals surface area contributed by atoms with Gasteiger partial charge in [-0.25, -0.2) is 0 Å². The number of hydrogen-bond donors (Lipinski definition) is 1. The van der Waals surface area contributed by atoms with Crippen molar-refractivity contribution in [2.24, 2.45) is 17.8 Å². The third kappa shape index (κ3) is 3.14. The Morgan fingerprint density at radius 2 is 1.79 bits per heavy atom. The lowest BCUT2D eigenvalue weighted by molar-refractivity contribution is -0.139. The first kappa shape index (κ1) is 14.0. The summed E-state index contributed by atoms with van der Waals surface area (Å²) >= 11 is 0. The zero-order valence-electron chi connectivity index (χ0n) is 11.6. The molecule has 0 aromatic heterocycles. The van der Waals surface area contributed by atoms with Crippen LogP contribution in [0.25, 0.3) is 0 Å². The van der Waals surface area contributed by atoms with E-state index in [2.05, 4.69) is 5.32 Å². The number of hydrogen-bond acceptors (Lipinski definition) is 3. The Morgan fingerprint density at radius 1 is 1.21 bits per heavy atom. The number of carbonyl (C=O) groups excluding carboxylic acids is 3. The van der Waals surface area contributed by atoms with Crippen molar-refractivity contribution < 1.29 is 14.4 Å². The number of ketones is 1. The van der Waals surface area contributed by atoms with Crippen LogP contribution >= 0.6 is 0 Å². The van der Waals surface area contributed by atoms with Crippen LogP contribution in [0.4, 0.5) is 0 Å². The summed E-state index contributed by atoms with van der Waals surface area (Å²) in [7, 11) is 3.33. The van der Waals surface area contributed by atoms with E-state index in [0.29, 0.717) is 18.6 Å². The Bertz CT molecular complexity index is 376. The Kier molecular flexibility index (Phi) is 4.22. The van der Waals surface area contributed by atoms with Crippen molar-refractivity contribution in [2.75, 3.05) is 20.6 Å². The van der Waals surface area contributed by atoms with Gasteiger partial charge in [-0.3, -0.25) is 14.4 Å². The Labute approximate surface area is 113 Å². The molecule has 5 heteroatoms. The van der Waals surface area contributed by atoms with Crippen LogP contribution in [0.3, 0.4) is 0 Å². The van der Waals surface area contributed by atoms with Crippen LogP contribution in [0.1, 0.15) is 32.1 Å². The summed E-state index contributed by atoms with van der Waals surface area (Å²) in [5.74, 6) is 0.239. The Balaban J connectivity index is 1.87. The quantitative estimate of drug-likeness (QED) is 0.813. The molecule has 2 amide bonds. The van der Waals surface area contributed by atoms with Crippen LogP contribution in [0, 0.1) is 17.8 Å². The average molecular weight is 266 g/mol. The van der Waals surface area contributed by atoms with Gasteiger partial charge in [0.1, 0.15) is 5.78 Å². The van der Waals surface area contributed by atoms with Gasteiger partial charge in [-0.15, -0.1) is 0 Å². The molecule has 0 heterocycles. The number of amides is 2. The van der Waals surface area contributed by atoms with Gasteiger partial charge in [-0.1, -0.05) is 6.42 Å². The fourth-order valence-corrected chi connectivity index (χ4v) is 3.16. The average Bonchev–Trinajstić information content (AvgIpc) is 2.34. The first-order chi connectivity index (χ1) is 8.99. The molecule has 3 atom stereocenters. The van der Waals surface area contributed by atoms with E-state index < -0.39 is 0 Å². The van der Waals surface area contributed by atoms with E-state index in [4.69, 9.17) is 0 Å². The molecular formula is C14H22N2O3. The van der Waals surface area contributed by atoms with Crippen LogP contribution in [0.2, 0.25) is 0 Å². The van der Waals surface area contributed by atoms with Gasteiger partial charge in [0.05, 0.1) is 6.54 Å². The van der Waals surface area contributed by atoms with Crippen LogP contribution < -0.4 is 5.32 Å². The highest BCUT2D eigenvalue weighted by atomic mass is 16.2. The molecule has 2 saturated carbocycles. The predicted molar refractivity (Wildman–Crippen MR) is 70.3 cm³/mol. The van der Waals surface area contributed by atoms with E-state index in [9.17, 15) is 14.4 Å². The van der Waals surface area contributed by atoms with Gasteiger partial charge in [0.2, 0.25) is 11.8 Å². The minimum Gasteiger partial charge on any atom is -0.347 e. The summed E-state index contributed by atoms with van der Waals surface area (Å²) in [5, 5.41) is 2.70. The first-order valence-corrected chi connectivity index (χ1v) is 7.00. The lowest BCUT2D eigenvalue weighted by atomic mass is 9.67. The molecule has 0 aliphatic heterocycles. The molecule has 1 unspecified atom stereocenters. The maximum Gasteiger partial charge on any atom is 0.241 e. The third-order valence-electron chi connectivity index (χ3n) is 4.33. The topological polar surface area (TPSA) is 66.5 Å². The summed E-state index contributed by atoms with van der Waals surface area (Å²) in [5.41, 5.74) is 0. The lowest BCUT2D eigenvalue weighted by Crippen LogP contribution is -2.44. The SMILES string of the molecule is CN(C)C(=O)CNC(=O)C1C[C@H]2CCC[C@@H](C1)C2=O. The third-order valence-corrected chi connectivity index (χ3v) is 4.33. The second-order valence-electron chi connectivity index (χ2n) is 5.90. The smallest absolute Gasteiger partial charge is 0.241 e. The van der Waals surface area contributed by atoms with Crippen molar-refractivity contribution in [3.63, 3.8) is 0 Å². The number of fused-ring (bicyclic) bond motifs is 2. The largest absolute Gasteiger partial charge is 0.347 e.